The molecule has 196 valence electrons. The lowest BCUT2D eigenvalue weighted by atomic mass is 9.98. The van der Waals surface area contributed by atoms with E-state index in [2.05, 4.69) is 145 Å². The van der Waals surface area contributed by atoms with Gasteiger partial charge < -0.3 is 0 Å². The highest BCUT2D eigenvalue weighted by Gasteiger charge is 2.44. The Morgan fingerprint density at radius 3 is 1.73 bits per heavy atom. The van der Waals surface area contributed by atoms with E-state index < -0.39 is 7.92 Å². The third kappa shape index (κ3) is 7.22. The summed E-state index contributed by atoms with van der Waals surface area (Å²) in [6, 6.07) is 22.6. The van der Waals surface area contributed by atoms with Crippen molar-refractivity contribution in [3.8, 4) is 0 Å². The number of hydrogen-bond acceptors (Lipinski definition) is 0. The van der Waals surface area contributed by atoms with E-state index in [-0.39, 0.29) is 7.92 Å². The maximum absolute atomic E-state index is 2.57. The van der Waals surface area contributed by atoms with Gasteiger partial charge in [-0.1, -0.05) is 166 Å². The Morgan fingerprint density at radius 2 is 1.22 bits per heavy atom. The van der Waals surface area contributed by atoms with Crippen molar-refractivity contribution in [2.45, 2.75) is 83.2 Å². The van der Waals surface area contributed by atoms with Crippen molar-refractivity contribution < 1.29 is 0 Å². The van der Waals surface area contributed by atoms with E-state index in [1.165, 1.54) is 36.3 Å². The zero-order chi connectivity index (χ0) is 26.5. The minimum absolute atomic E-state index is 0.243. The van der Waals surface area contributed by atoms with E-state index in [9.17, 15) is 0 Å². The summed E-state index contributed by atoms with van der Waals surface area (Å²) in [7, 11) is -0.798. The highest BCUT2D eigenvalue weighted by Crippen LogP contribution is 2.67. The van der Waals surface area contributed by atoms with Crippen LogP contribution in [0.15, 0.2) is 109 Å². The van der Waals surface area contributed by atoms with Crippen molar-refractivity contribution in [1.29, 1.82) is 0 Å². The van der Waals surface area contributed by atoms with Crippen molar-refractivity contribution >= 4 is 26.5 Å². The van der Waals surface area contributed by atoms with Crippen molar-refractivity contribution in [3.63, 3.8) is 0 Å². The molecule has 0 aliphatic heterocycles. The lowest BCUT2D eigenvalue weighted by Gasteiger charge is -2.49. The highest BCUT2D eigenvalue weighted by atomic mass is 31.1. The Bertz CT molecular complexity index is 1040. The van der Waals surface area contributed by atoms with Crippen LogP contribution in [0, 0.1) is 11.8 Å². The van der Waals surface area contributed by atoms with Gasteiger partial charge in [0.25, 0.3) is 0 Å². The normalized spacial score (nSPS) is 18.8. The predicted molar refractivity (Wildman–Crippen MR) is 170 cm³/mol. The summed E-state index contributed by atoms with van der Waals surface area (Å²) >= 11 is 0. The van der Waals surface area contributed by atoms with Crippen LogP contribution in [0.1, 0.15) is 67.2 Å². The first kappa shape index (κ1) is 28.3. The monoisotopic (exact) mass is 528 g/mol. The molecule has 0 heterocycles. The first-order chi connectivity index (χ1) is 17.7. The Balaban J connectivity index is 1.68. The summed E-state index contributed by atoms with van der Waals surface area (Å²) in [5, 5.41) is 5.20. The molecule has 0 fully saturated rings. The predicted octanol–water partition coefficient (Wildman–Crippen LogP) is 9.94. The van der Waals surface area contributed by atoms with Crippen LogP contribution >= 0.6 is 15.8 Å². The summed E-state index contributed by atoms with van der Waals surface area (Å²) < 4.78 is 0. The minimum atomic E-state index is -0.555. The van der Waals surface area contributed by atoms with E-state index >= 15 is 0 Å². The van der Waals surface area contributed by atoms with Crippen LogP contribution in [0.4, 0.5) is 0 Å². The van der Waals surface area contributed by atoms with Gasteiger partial charge in [0.2, 0.25) is 0 Å². The lowest BCUT2D eigenvalue weighted by molar-refractivity contribution is 0.545. The molecule has 2 aliphatic carbocycles. The van der Waals surface area contributed by atoms with Crippen LogP contribution in [-0.2, 0) is 0 Å². The van der Waals surface area contributed by atoms with Gasteiger partial charge in [-0.15, -0.1) is 0 Å². The molecule has 0 N–H and O–H groups in total. The molecule has 0 saturated carbocycles. The molecule has 4 rings (SSSR count). The molecule has 2 aromatic rings. The van der Waals surface area contributed by atoms with Crippen LogP contribution in [0.2, 0.25) is 0 Å². The second-order valence-electron chi connectivity index (χ2n) is 12.5. The van der Waals surface area contributed by atoms with Crippen molar-refractivity contribution in [2.75, 3.05) is 0 Å². The summed E-state index contributed by atoms with van der Waals surface area (Å²) in [5.74, 6) is 1.17. The fourth-order valence-corrected chi connectivity index (χ4v) is 14.3. The molecule has 0 saturated heterocycles. The maximum atomic E-state index is 2.57. The largest absolute Gasteiger partial charge is 0.0915 e. The van der Waals surface area contributed by atoms with E-state index in [0.717, 1.165) is 0 Å². The van der Waals surface area contributed by atoms with Gasteiger partial charge in [0.15, 0.2) is 0 Å². The average molecular weight is 529 g/mol. The van der Waals surface area contributed by atoms with Crippen LogP contribution in [-0.4, -0.2) is 16.0 Å². The molecule has 0 radical (unpaired) electrons. The van der Waals surface area contributed by atoms with Crippen LogP contribution in [0.25, 0.3) is 0 Å². The van der Waals surface area contributed by atoms with Gasteiger partial charge >= 0.3 is 0 Å². The first-order valence-electron chi connectivity index (χ1n) is 14.1. The van der Waals surface area contributed by atoms with Gasteiger partial charge in [-0.05, 0) is 58.6 Å². The molecule has 1 unspecified atom stereocenters. The number of hydrogen-bond donors (Lipinski definition) is 0. The third-order valence-corrected chi connectivity index (χ3v) is 14.2. The third-order valence-electron chi connectivity index (χ3n) is 7.52. The van der Waals surface area contributed by atoms with Gasteiger partial charge in [-0.3, -0.25) is 0 Å². The standard InChI is InChI=1S/C35H46P2/c1-34(2,3)37(35(4,5)6)33(26-16-15-20-28-18-13-14-19-28)31-25-17-27-32(31)36(29-21-9-7-10-22-29)30-23-11-8-12-24-30/h7-14,17-19,21-25,27-28,31,33H,15-16,20,26H2,1-6H3/t31?,33-/m1/s1. The lowest BCUT2D eigenvalue weighted by Crippen LogP contribution is -2.35. The molecule has 0 bridgehead atoms. The van der Waals surface area contributed by atoms with Crippen molar-refractivity contribution in [1.82, 2.24) is 0 Å². The number of allylic oxidation sites excluding steroid dienone is 8. The Hall–Kier alpha value is -1.74. The molecule has 2 heteroatoms. The molecular formula is C35H46P2. The van der Waals surface area contributed by atoms with Gasteiger partial charge in [0.05, 0.1) is 0 Å². The zero-order valence-corrected chi connectivity index (χ0v) is 25.6. The van der Waals surface area contributed by atoms with Crippen LogP contribution < -0.4 is 10.6 Å². The van der Waals surface area contributed by atoms with Gasteiger partial charge in [-0.25, -0.2) is 0 Å². The second kappa shape index (κ2) is 12.4. The summed E-state index contributed by atoms with van der Waals surface area (Å²) in [6.07, 6.45) is 21.8. The number of benzene rings is 2. The van der Waals surface area contributed by atoms with Crippen LogP contribution in [0.3, 0.4) is 0 Å². The fraction of sp³-hybridized carbons (Fsp3) is 0.429. The van der Waals surface area contributed by atoms with E-state index in [0.29, 0.717) is 27.8 Å². The van der Waals surface area contributed by atoms with Gasteiger partial charge in [0, 0.05) is 5.92 Å². The van der Waals surface area contributed by atoms with E-state index in [1.54, 1.807) is 5.31 Å². The molecule has 2 aliphatic rings. The molecule has 2 aromatic carbocycles. The van der Waals surface area contributed by atoms with Gasteiger partial charge in [-0.2, -0.15) is 0 Å². The van der Waals surface area contributed by atoms with Gasteiger partial charge in [0.1, 0.15) is 0 Å². The quantitative estimate of drug-likeness (QED) is 0.213. The molecular weight excluding hydrogens is 482 g/mol. The Labute approximate surface area is 229 Å². The molecule has 0 amide bonds. The van der Waals surface area contributed by atoms with E-state index in [1.807, 2.05) is 0 Å². The van der Waals surface area contributed by atoms with Crippen LogP contribution in [0.5, 0.6) is 0 Å². The average Bonchev–Trinajstić information content (AvgIpc) is 3.53. The van der Waals surface area contributed by atoms with E-state index in [4.69, 9.17) is 0 Å². The fourth-order valence-electron chi connectivity index (χ4n) is 6.51. The molecule has 0 spiro atoms. The summed E-state index contributed by atoms with van der Waals surface area (Å²) in [5.41, 5.74) is 0.687. The maximum Gasteiger partial charge on any atom is 0.00997 e. The summed E-state index contributed by atoms with van der Waals surface area (Å²) in [6.45, 7) is 15.0. The second-order valence-corrected chi connectivity index (χ2v) is 18.8. The number of rotatable bonds is 10. The summed E-state index contributed by atoms with van der Waals surface area (Å²) in [4.78, 5) is 0. The first-order valence-corrected chi connectivity index (χ1v) is 16.8. The zero-order valence-electron chi connectivity index (χ0n) is 23.8. The van der Waals surface area contributed by atoms with Crippen molar-refractivity contribution in [3.05, 3.63) is 109 Å². The number of unbranched alkanes of at least 4 members (excludes halogenated alkanes) is 1. The SMILES string of the molecule is CC(C)(C)P([C@H](CCCCC1C=CC=C1)C1C=CC=C1P(c1ccccc1)c1ccccc1)C(C)(C)C. The van der Waals surface area contributed by atoms with Crippen molar-refractivity contribution in [2.24, 2.45) is 11.8 Å². The molecule has 37 heavy (non-hydrogen) atoms. The Kier molecular flexibility index (Phi) is 9.48. The molecule has 0 nitrogen and oxygen atoms in total. The molecule has 0 aromatic heterocycles. The smallest absolute Gasteiger partial charge is 0.00997 e. The topological polar surface area (TPSA) is 0 Å². The minimum Gasteiger partial charge on any atom is -0.0915 e. The Morgan fingerprint density at radius 1 is 0.676 bits per heavy atom. The molecule has 2 atom stereocenters. The highest BCUT2D eigenvalue weighted by molar-refractivity contribution is 7.76.